The molecule has 0 bridgehead atoms. The summed E-state index contributed by atoms with van der Waals surface area (Å²) in [5, 5.41) is 5.78. The molecule has 0 aliphatic carbocycles. The Kier molecular flexibility index (Phi) is 4.78. The van der Waals surface area contributed by atoms with Crippen LogP contribution in [0.5, 0.6) is 0 Å². The lowest BCUT2D eigenvalue weighted by molar-refractivity contribution is 0.0950. The molecule has 0 fully saturated rings. The molecule has 6 nitrogen and oxygen atoms in total. The molecule has 0 unspecified atom stereocenters. The standard InChI is InChI=1S/C23H17N5OS/c29-22(25-13-19-15-30-23(26-19)18-7-4-9-24-12-18)17-8-10-28-14-20(27-21(28)11-17)16-5-2-1-3-6-16/h1-12,14-15H,13H2,(H,25,29). The van der Waals surface area contributed by atoms with Gasteiger partial charge in [0.15, 0.2) is 0 Å². The number of aromatic nitrogens is 4. The number of pyridine rings is 2. The van der Waals surface area contributed by atoms with Crippen molar-refractivity contribution >= 4 is 22.9 Å². The normalized spacial score (nSPS) is 10.9. The molecular formula is C23H17N5OS. The second kappa shape index (κ2) is 7.88. The van der Waals surface area contributed by atoms with E-state index in [2.05, 4.69) is 20.3 Å². The summed E-state index contributed by atoms with van der Waals surface area (Å²) >= 11 is 1.54. The molecule has 0 radical (unpaired) electrons. The summed E-state index contributed by atoms with van der Waals surface area (Å²) in [6.45, 7) is 0.366. The predicted molar refractivity (Wildman–Crippen MR) is 117 cm³/mol. The Balaban J connectivity index is 1.30. The molecule has 7 heteroatoms. The monoisotopic (exact) mass is 411 g/mol. The van der Waals surface area contributed by atoms with E-state index in [0.29, 0.717) is 12.1 Å². The van der Waals surface area contributed by atoms with Crippen molar-refractivity contribution < 1.29 is 4.79 Å². The maximum atomic E-state index is 12.6. The number of carbonyl (C=O) groups excluding carboxylic acids is 1. The van der Waals surface area contributed by atoms with E-state index in [1.807, 2.05) is 64.6 Å². The minimum absolute atomic E-state index is 0.155. The predicted octanol–water partition coefficient (Wildman–Crippen LogP) is 4.45. The third-order valence-electron chi connectivity index (χ3n) is 4.68. The van der Waals surface area contributed by atoms with Crippen LogP contribution in [0.4, 0.5) is 0 Å². The molecule has 0 atom stereocenters. The van der Waals surface area contributed by atoms with Crippen LogP contribution in [0.3, 0.4) is 0 Å². The van der Waals surface area contributed by atoms with Gasteiger partial charge in [0.1, 0.15) is 10.7 Å². The van der Waals surface area contributed by atoms with Crippen LogP contribution in [0, 0.1) is 0 Å². The number of nitrogens with one attached hydrogen (secondary N) is 1. The van der Waals surface area contributed by atoms with Crippen LogP contribution in [0.25, 0.3) is 27.5 Å². The quantitative estimate of drug-likeness (QED) is 0.464. The van der Waals surface area contributed by atoms with Gasteiger partial charge in [0, 0.05) is 46.9 Å². The van der Waals surface area contributed by atoms with Gasteiger partial charge in [-0.3, -0.25) is 9.78 Å². The van der Waals surface area contributed by atoms with E-state index >= 15 is 0 Å². The number of amides is 1. The van der Waals surface area contributed by atoms with Crippen LogP contribution in [-0.4, -0.2) is 25.3 Å². The van der Waals surface area contributed by atoms with Crippen LogP contribution >= 0.6 is 11.3 Å². The molecule has 0 saturated heterocycles. The Morgan fingerprint density at radius 2 is 1.90 bits per heavy atom. The summed E-state index contributed by atoms with van der Waals surface area (Å²) < 4.78 is 1.92. The van der Waals surface area contributed by atoms with Crippen molar-refractivity contribution in [2.75, 3.05) is 0 Å². The average Bonchev–Trinajstić information content (AvgIpc) is 3.45. The van der Waals surface area contributed by atoms with Gasteiger partial charge in [-0.15, -0.1) is 11.3 Å². The third kappa shape index (κ3) is 3.70. The van der Waals surface area contributed by atoms with E-state index in [9.17, 15) is 4.79 Å². The van der Waals surface area contributed by atoms with Crippen LogP contribution in [0.2, 0.25) is 0 Å². The molecule has 30 heavy (non-hydrogen) atoms. The molecule has 5 rings (SSSR count). The maximum Gasteiger partial charge on any atom is 0.251 e. The van der Waals surface area contributed by atoms with Gasteiger partial charge in [-0.05, 0) is 24.3 Å². The first-order chi connectivity index (χ1) is 14.8. The van der Waals surface area contributed by atoms with Gasteiger partial charge in [0.25, 0.3) is 5.91 Å². The smallest absolute Gasteiger partial charge is 0.251 e. The molecule has 1 amide bonds. The third-order valence-corrected chi connectivity index (χ3v) is 5.62. The minimum Gasteiger partial charge on any atom is -0.346 e. The van der Waals surface area contributed by atoms with Crippen molar-refractivity contribution in [2.45, 2.75) is 6.54 Å². The number of benzene rings is 1. The van der Waals surface area contributed by atoms with Gasteiger partial charge >= 0.3 is 0 Å². The molecule has 1 N–H and O–H groups in total. The number of hydrogen-bond donors (Lipinski definition) is 1. The van der Waals surface area contributed by atoms with E-state index < -0.39 is 0 Å². The molecule has 4 heterocycles. The van der Waals surface area contributed by atoms with Gasteiger partial charge in [0.05, 0.1) is 17.9 Å². The summed E-state index contributed by atoms with van der Waals surface area (Å²) in [6.07, 6.45) is 7.33. The number of imidazole rings is 1. The van der Waals surface area contributed by atoms with Crippen LogP contribution in [0.15, 0.2) is 84.8 Å². The fourth-order valence-corrected chi connectivity index (χ4v) is 3.96. The largest absolute Gasteiger partial charge is 0.346 e. The Hall–Kier alpha value is -3.84. The van der Waals surface area contributed by atoms with Crippen molar-refractivity contribution in [3.63, 3.8) is 0 Å². The van der Waals surface area contributed by atoms with Crippen LogP contribution < -0.4 is 5.32 Å². The average molecular weight is 411 g/mol. The molecule has 1 aromatic carbocycles. The molecule has 0 saturated carbocycles. The number of nitrogens with zero attached hydrogens (tertiary/aromatic N) is 4. The number of hydrogen-bond acceptors (Lipinski definition) is 5. The first-order valence-corrected chi connectivity index (χ1v) is 10.3. The molecule has 5 aromatic rings. The Labute approximate surface area is 176 Å². The fourth-order valence-electron chi connectivity index (χ4n) is 3.15. The van der Waals surface area contributed by atoms with Crippen molar-refractivity contribution in [1.82, 2.24) is 24.7 Å². The molecular weight excluding hydrogens is 394 g/mol. The Morgan fingerprint density at radius 3 is 2.73 bits per heavy atom. The highest BCUT2D eigenvalue weighted by atomic mass is 32.1. The first kappa shape index (κ1) is 18.2. The van der Waals surface area contributed by atoms with Crippen molar-refractivity contribution in [1.29, 1.82) is 0 Å². The summed E-state index contributed by atoms with van der Waals surface area (Å²) in [5.74, 6) is -0.155. The zero-order chi connectivity index (χ0) is 20.3. The topological polar surface area (TPSA) is 72.2 Å². The van der Waals surface area contributed by atoms with Crippen molar-refractivity contribution in [3.8, 4) is 21.8 Å². The summed E-state index contributed by atoms with van der Waals surface area (Å²) in [7, 11) is 0. The lowest BCUT2D eigenvalue weighted by Crippen LogP contribution is -2.23. The number of carbonyl (C=O) groups is 1. The van der Waals surface area contributed by atoms with E-state index in [-0.39, 0.29) is 5.91 Å². The lowest BCUT2D eigenvalue weighted by atomic mass is 10.2. The number of fused-ring (bicyclic) bond motifs is 1. The SMILES string of the molecule is O=C(NCc1csc(-c2cccnc2)n1)c1ccn2cc(-c3ccccc3)nc2c1. The summed E-state index contributed by atoms with van der Waals surface area (Å²) in [5.41, 5.74) is 5.00. The molecule has 0 aliphatic heterocycles. The van der Waals surface area contributed by atoms with E-state index in [4.69, 9.17) is 0 Å². The fraction of sp³-hybridized carbons (Fsp3) is 0.0435. The van der Waals surface area contributed by atoms with Gasteiger partial charge in [0.2, 0.25) is 0 Å². The highest BCUT2D eigenvalue weighted by molar-refractivity contribution is 7.13. The molecule has 0 spiro atoms. The second-order valence-corrected chi connectivity index (χ2v) is 7.60. The lowest BCUT2D eigenvalue weighted by Gasteiger charge is -2.04. The van der Waals surface area contributed by atoms with Crippen LogP contribution in [-0.2, 0) is 6.54 Å². The van der Waals surface area contributed by atoms with Gasteiger partial charge < -0.3 is 9.72 Å². The zero-order valence-corrected chi connectivity index (χ0v) is 16.7. The summed E-state index contributed by atoms with van der Waals surface area (Å²) in [6, 6.07) is 17.4. The van der Waals surface area contributed by atoms with Gasteiger partial charge in [-0.1, -0.05) is 30.3 Å². The van der Waals surface area contributed by atoms with Crippen molar-refractivity contribution in [3.05, 3.63) is 96.0 Å². The van der Waals surface area contributed by atoms with E-state index in [1.54, 1.807) is 24.5 Å². The summed E-state index contributed by atoms with van der Waals surface area (Å²) in [4.78, 5) is 26.0. The van der Waals surface area contributed by atoms with Crippen LogP contribution in [0.1, 0.15) is 16.1 Å². The molecule has 4 aromatic heterocycles. The van der Waals surface area contributed by atoms with E-state index in [1.165, 1.54) is 11.3 Å². The second-order valence-electron chi connectivity index (χ2n) is 6.74. The number of rotatable bonds is 5. The zero-order valence-electron chi connectivity index (χ0n) is 15.9. The highest BCUT2D eigenvalue weighted by Crippen LogP contribution is 2.23. The van der Waals surface area contributed by atoms with Gasteiger partial charge in [-0.25, -0.2) is 9.97 Å². The number of thiazole rings is 1. The minimum atomic E-state index is -0.155. The molecule has 0 aliphatic rings. The van der Waals surface area contributed by atoms with Crippen molar-refractivity contribution in [2.24, 2.45) is 0 Å². The first-order valence-electron chi connectivity index (χ1n) is 9.43. The molecule has 146 valence electrons. The highest BCUT2D eigenvalue weighted by Gasteiger charge is 2.11. The van der Waals surface area contributed by atoms with E-state index in [0.717, 1.165) is 33.2 Å². The Bertz CT molecular complexity index is 1310. The Morgan fingerprint density at radius 1 is 1.03 bits per heavy atom. The van der Waals surface area contributed by atoms with Gasteiger partial charge in [-0.2, -0.15) is 0 Å². The maximum absolute atomic E-state index is 12.6.